The van der Waals surface area contributed by atoms with Crippen LogP contribution in [0.25, 0.3) is 23.2 Å². The first-order valence-corrected chi connectivity index (χ1v) is 13.6. The molecule has 7 nitrogen and oxygen atoms in total. The highest BCUT2D eigenvalue weighted by Gasteiger charge is 2.24. The van der Waals surface area contributed by atoms with Gasteiger partial charge in [-0.15, -0.1) is 0 Å². The van der Waals surface area contributed by atoms with Crippen molar-refractivity contribution in [2.24, 2.45) is 0 Å². The molecule has 1 aliphatic heterocycles. The number of benzene rings is 1. The molecule has 6 rings (SSSR count). The van der Waals surface area contributed by atoms with E-state index in [0.29, 0.717) is 11.7 Å². The molecule has 194 valence electrons. The number of piperidine rings is 1. The lowest BCUT2D eigenvalue weighted by atomic mass is 9.95. The minimum absolute atomic E-state index is 0.414. The van der Waals surface area contributed by atoms with E-state index in [9.17, 15) is 0 Å². The molecule has 1 aromatic carbocycles. The van der Waals surface area contributed by atoms with Crippen molar-refractivity contribution in [2.75, 3.05) is 18.8 Å². The van der Waals surface area contributed by atoms with Gasteiger partial charge in [-0.25, -0.2) is 9.50 Å². The highest BCUT2D eigenvalue weighted by Crippen LogP contribution is 2.36. The van der Waals surface area contributed by atoms with E-state index in [0.717, 1.165) is 54.8 Å². The number of nitrogens with one attached hydrogen (secondary N) is 1. The molecule has 1 saturated heterocycles. The maximum Gasteiger partial charge on any atom is 0.151 e. The molecule has 0 spiro atoms. The van der Waals surface area contributed by atoms with Crippen molar-refractivity contribution >= 4 is 29.1 Å². The van der Waals surface area contributed by atoms with Crippen LogP contribution in [0, 0.1) is 0 Å². The van der Waals surface area contributed by atoms with E-state index in [-0.39, 0.29) is 0 Å². The second kappa shape index (κ2) is 12.5. The molecule has 0 amide bonds. The summed E-state index contributed by atoms with van der Waals surface area (Å²) in [5, 5.41) is 13.0. The van der Waals surface area contributed by atoms with Crippen molar-refractivity contribution in [1.29, 1.82) is 0 Å². The largest absolute Gasteiger partial charge is 0.382 e. The molecule has 1 aliphatic carbocycles. The standard InChI is InChI=1S/C26H27N7.2C2H6/c27-26-25-22(13-24(33(25)30-17-29-26)20-10-5-11-28-14-20)19-8-4-9-21-16-32(31-23(21)12-19)15-18-6-2-1-3-7-18;2*1-2/h1-4,6-7,9,12-13,16-17,20,28H,5,8,10-11,14-15H2,(H2,27,29,30);2*1-2H3. The molecule has 1 atom stereocenters. The summed E-state index contributed by atoms with van der Waals surface area (Å²) >= 11 is 0. The zero-order chi connectivity index (χ0) is 26.2. The van der Waals surface area contributed by atoms with Crippen LogP contribution in [0.1, 0.15) is 81.0 Å². The number of hydrogen-bond acceptors (Lipinski definition) is 5. The van der Waals surface area contributed by atoms with Crippen LogP contribution >= 0.6 is 0 Å². The number of rotatable bonds is 4. The highest BCUT2D eigenvalue weighted by molar-refractivity contribution is 5.94. The second-order valence-electron chi connectivity index (χ2n) is 8.86. The number of nitrogens with zero attached hydrogens (tertiary/aromatic N) is 5. The predicted molar refractivity (Wildman–Crippen MR) is 154 cm³/mol. The Morgan fingerprint density at radius 1 is 1.11 bits per heavy atom. The third kappa shape index (κ3) is 5.67. The van der Waals surface area contributed by atoms with Gasteiger partial charge in [-0.05, 0) is 49.1 Å². The zero-order valence-electron chi connectivity index (χ0n) is 22.5. The number of aromatic nitrogens is 5. The van der Waals surface area contributed by atoms with Gasteiger partial charge in [0.15, 0.2) is 5.82 Å². The number of allylic oxidation sites excluding steroid dienone is 2. The molecule has 1 fully saturated rings. The molecular weight excluding hydrogens is 458 g/mol. The Morgan fingerprint density at radius 2 is 1.92 bits per heavy atom. The van der Waals surface area contributed by atoms with Crippen LogP contribution in [0.3, 0.4) is 0 Å². The lowest BCUT2D eigenvalue weighted by molar-refractivity contribution is 0.449. The maximum atomic E-state index is 6.38. The lowest BCUT2D eigenvalue weighted by Gasteiger charge is -2.22. The first-order chi connectivity index (χ1) is 18.3. The van der Waals surface area contributed by atoms with Gasteiger partial charge < -0.3 is 11.1 Å². The summed E-state index contributed by atoms with van der Waals surface area (Å²) in [5.41, 5.74) is 14.1. The average molecular weight is 498 g/mol. The molecule has 4 aromatic rings. The van der Waals surface area contributed by atoms with E-state index in [2.05, 4.69) is 70.2 Å². The number of hydrogen-bond donors (Lipinski definition) is 2. The van der Waals surface area contributed by atoms with E-state index in [4.69, 9.17) is 10.8 Å². The molecule has 1 unspecified atom stereocenters. The molecule has 0 bridgehead atoms. The van der Waals surface area contributed by atoms with Crippen LogP contribution < -0.4 is 11.1 Å². The predicted octanol–water partition coefficient (Wildman–Crippen LogP) is 6.03. The van der Waals surface area contributed by atoms with Crippen LogP contribution in [0.5, 0.6) is 0 Å². The summed E-state index contributed by atoms with van der Waals surface area (Å²) in [6, 6.07) is 12.7. The summed E-state index contributed by atoms with van der Waals surface area (Å²) in [4.78, 5) is 4.31. The first-order valence-electron chi connectivity index (χ1n) is 13.6. The highest BCUT2D eigenvalue weighted by atomic mass is 15.3. The van der Waals surface area contributed by atoms with E-state index in [1.54, 1.807) is 6.33 Å². The molecule has 3 N–H and O–H groups in total. The van der Waals surface area contributed by atoms with Crippen LogP contribution in [-0.2, 0) is 6.54 Å². The Labute approximate surface area is 220 Å². The Bertz CT molecular complexity index is 1360. The summed E-state index contributed by atoms with van der Waals surface area (Å²) in [7, 11) is 0. The van der Waals surface area contributed by atoms with Crippen molar-refractivity contribution in [2.45, 2.75) is 59.4 Å². The van der Waals surface area contributed by atoms with E-state index < -0.39 is 0 Å². The van der Waals surface area contributed by atoms with Crippen molar-refractivity contribution in [3.05, 3.63) is 83.1 Å². The smallest absolute Gasteiger partial charge is 0.151 e. The van der Waals surface area contributed by atoms with Gasteiger partial charge in [0.1, 0.15) is 11.8 Å². The van der Waals surface area contributed by atoms with E-state index in [1.165, 1.54) is 23.3 Å². The van der Waals surface area contributed by atoms with Gasteiger partial charge in [0, 0.05) is 35.5 Å². The Balaban J connectivity index is 0.000000765. The van der Waals surface area contributed by atoms with Crippen LogP contribution in [0.4, 0.5) is 5.82 Å². The minimum atomic E-state index is 0.414. The fourth-order valence-electron chi connectivity index (χ4n) is 5.00. The van der Waals surface area contributed by atoms with Gasteiger partial charge in [-0.3, -0.25) is 4.68 Å². The van der Waals surface area contributed by atoms with Crippen molar-refractivity contribution < 1.29 is 0 Å². The molecule has 37 heavy (non-hydrogen) atoms. The Kier molecular flexibility index (Phi) is 8.90. The Morgan fingerprint density at radius 3 is 2.68 bits per heavy atom. The summed E-state index contributed by atoms with van der Waals surface area (Å²) in [5.74, 6) is 0.927. The first kappa shape index (κ1) is 26.4. The quantitative estimate of drug-likeness (QED) is 0.359. The number of anilines is 1. The molecule has 0 saturated carbocycles. The topological polar surface area (TPSA) is 86.1 Å². The van der Waals surface area contributed by atoms with Gasteiger partial charge in [-0.2, -0.15) is 10.2 Å². The SMILES string of the molecule is CC.CC.Nc1ncnn2c(C3CCCNC3)cc(C3=Cc4nn(Cc5ccccc5)cc4C=CC3)c12. The summed E-state index contributed by atoms with van der Waals surface area (Å²) < 4.78 is 4.01. The van der Waals surface area contributed by atoms with E-state index in [1.807, 2.05) is 43.0 Å². The van der Waals surface area contributed by atoms with Crippen LogP contribution in [-0.4, -0.2) is 37.5 Å². The lowest BCUT2D eigenvalue weighted by Crippen LogP contribution is -2.29. The third-order valence-electron chi connectivity index (χ3n) is 6.62. The van der Waals surface area contributed by atoms with Gasteiger partial charge >= 0.3 is 0 Å². The van der Waals surface area contributed by atoms with Crippen molar-refractivity contribution in [1.82, 2.24) is 29.7 Å². The average Bonchev–Trinajstić information content (AvgIpc) is 3.47. The van der Waals surface area contributed by atoms with Crippen LogP contribution in [0.2, 0.25) is 0 Å². The third-order valence-corrected chi connectivity index (χ3v) is 6.62. The molecule has 0 radical (unpaired) electrons. The minimum Gasteiger partial charge on any atom is -0.382 e. The van der Waals surface area contributed by atoms with E-state index >= 15 is 0 Å². The monoisotopic (exact) mass is 497 g/mol. The van der Waals surface area contributed by atoms with Crippen LogP contribution in [0.15, 0.2) is 55.0 Å². The fourth-order valence-corrected chi connectivity index (χ4v) is 5.00. The van der Waals surface area contributed by atoms with Gasteiger partial charge in [-0.1, -0.05) is 70.2 Å². The van der Waals surface area contributed by atoms with Gasteiger partial charge in [0.2, 0.25) is 0 Å². The normalized spacial score (nSPS) is 16.5. The van der Waals surface area contributed by atoms with Gasteiger partial charge in [0.05, 0.1) is 12.2 Å². The number of nitrogen functional groups attached to an aromatic ring is 1. The molecule has 4 heterocycles. The molecule has 7 heteroatoms. The number of nitrogens with two attached hydrogens (primary N) is 1. The second-order valence-corrected chi connectivity index (χ2v) is 8.86. The molecular formula is C30H39N7. The Hall–Kier alpha value is -3.71. The van der Waals surface area contributed by atoms with Crippen molar-refractivity contribution in [3.8, 4) is 0 Å². The molecule has 3 aromatic heterocycles. The zero-order valence-corrected chi connectivity index (χ0v) is 22.5. The van der Waals surface area contributed by atoms with Gasteiger partial charge in [0.25, 0.3) is 0 Å². The summed E-state index contributed by atoms with van der Waals surface area (Å²) in [6.45, 7) is 10.8. The molecule has 2 aliphatic rings. The van der Waals surface area contributed by atoms with Crippen molar-refractivity contribution in [3.63, 3.8) is 0 Å². The summed E-state index contributed by atoms with van der Waals surface area (Å²) in [6.07, 6.45) is 13.4. The maximum absolute atomic E-state index is 6.38. The fraction of sp³-hybridized carbons (Fsp3) is 0.367. The number of fused-ring (bicyclic) bond motifs is 2.